The van der Waals surface area contributed by atoms with Gasteiger partial charge in [-0.1, -0.05) is 38.8 Å². The molecule has 0 unspecified atom stereocenters. The zero-order valence-electron chi connectivity index (χ0n) is 12.9. The van der Waals surface area contributed by atoms with Gasteiger partial charge in [-0.15, -0.1) is 0 Å². The van der Waals surface area contributed by atoms with Crippen LogP contribution in [0, 0.1) is 23.2 Å². The molecule has 3 aliphatic carbocycles. The van der Waals surface area contributed by atoms with Gasteiger partial charge in [0.15, 0.2) is 5.78 Å². The summed E-state index contributed by atoms with van der Waals surface area (Å²) < 4.78 is 0. The lowest BCUT2D eigenvalue weighted by Gasteiger charge is -2.53. The second kappa shape index (κ2) is 4.84. The number of fused-ring (bicyclic) bond motifs is 3. The number of carbonyl (C=O) groups excluding carboxylic acids is 1. The second-order valence-corrected chi connectivity index (χ2v) is 7.32. The lowest BCUT2D eigenvalue weighted by Crippen LogP contribution is -2.53. The third-order valence-electron chi connectivity index (χ3n) is 5.97. The molecule has 0 aromatic rings. The highest BCUT2D eigenvalue weighted by Crippen LogP contribution is 2.55. The lowest BCUT2D eigenvalue weighted by molar-refractivity contribution is -0.132. The van der Waals surface area contributed by atoms with Crippen LogP contribution in [-0.2, 0) is 4.79 Å². The zero-order chi connectivity index (χ0) is 14.5. The van der Waals surface area contributed by atoms with Crippen molar-refractivity contribution in [3.63, 3.8) is 0 Å². The Morgan fingerprint density at radius 1 is 1.30 bits per heavy atom. The molecule has 0 aromatic heterocycles. The Kier molecular flexibility index (Phi) is 3.40. The molecule has 110 valence electrons. The molecule has 1 saturated carbocycles. The van der Waals surface area contributed by atoms with Crippen molar-refractivity contribution in [1.29, 1.82) is 0 Å². The van der Waals surface area contributed by atoms with E-state index in [-0.39, 0.29) is 23.0 Å². The van der Waals surface area contributed by atoms with Crippen LogP contribution in [0.15, 0.2) is 23.3 Å². The van der Waals surface area contributed by atoms with E-state index in [1.54, 1.807) is 0 Å². The largest absolute Gasteiger partial charge is 0.388 e. The fraction of sp³-hybridized carbons (Fsp3) is 0.722. The summed E-state index contributed by atoms with van der Waals surface area (Å²) in [7, 11) is 0. The number of hydrogen-bond acceptors (Lipinski definition) is 2. The van der Waals surface area contributed by atoms with Crippen LogP contribution in [0.5, 0.6) is 0 Å². The van der Waals surface area contributed by atoms with E-state index in [2.05, 4.69) is 13.0 Å². The summed E-state index contributed by atoms with van der Waals surface area (Å²) in [4.78, 5) is 12.8. The maximum atomic E-state index is 12.8. The Morgan fingerprint density at radius 2 is 2.05 bits per heavy atom. The first-order chi connectivity index (χ1) is 9.46. The monoisotopic (exact) mass is 274 g/mol. The Morgan fingerprint density at radius 3 is 2.75 bits per heavy atom. The van der Waals surface area contributed by atoms with Gasteiger partial charge in [0.05, 0.1) is 6.10 Å². The molecule has 2 heteroatoms. The third-order valence-corrected chi connectivity index (χ3v) is 5.97. The van der Waals surface area contributed by atoms with E-state index in [0.29, 0.717) is 5.92 Å². The van der Waals surface area contributed by atoms with Gasteiger partial charge < -0.3 is 5.11 Å². The minimum absolute atomic E-state index is 0.0215. The SMILES string of the molecule is CC(C)C1=C[C@H](O)[C@@]2(C)[C@H](CC=C3CCCC[C@H]32)C1=O. The minimum Gasteiger partial charge on any atom is -0.388 e. The molecule has 0 aromatic carbocycles. The van der Waals surface area contributed by atoms with Crippen molar-refractivity contribution < 1.29 is 9.90 Å². The highest BCUT2D eigenvalue weighted by molar-refractivity contribution is 5.99. The zero-order valence-corrected chi connectivity index (χ0v) is 12.9. The van der Waals surface area contributed by atoms with Crippen LogP contribution in [0.4, 0.5) is 0 Å². The molecule has 3 rings (SSSR count). The van der Waals surface area contributed by atoms with Crippen molar-refractivity contribution in [1.82, 2.24) is 0 Å². The van der Waals surface area contributed by atoms with Crippen LogP contribution in [0.3, 0.4) is 0 Å². The quantitative estimate of drug-likeness (QED) is 0.741. The molecule has 0 radical (unpaired) electrons. The van der Waals surface area contributed by atoms with Gasteiger partial charge in [0.25, 0.3) is 0 Å². The number of rotatable bonds is 1. The van der Waals surface area contributed by atoms with Gasteiger partial charge in [-0.3, -0.25) is 4.79 Å². The standard InChI is InChI=1S/C18H26O2/c1-11(2)13-10-16(19)18(3)14-7-5-4-6-12(14)8-9-15(18)17(13)20/h8,10-11,14-16,19H,4-7,9H2,1-3H3/t14-,15-,16+,18-/m1/s1. The normalized spacial score (nSPS) is 40.9. The number of aliphatic hydroxyl groups is 1. The Hall–Kier alpha value is -0.890. The molecule has 2 nitrogen and oxygen atoms in total. The summed E-state index contributed by atoms with van der Waals surface area (Å²) in [5, 5.41) is 10.8. The fourth-order valence-corrected chi connectivity index (χ4v) is 4.67. The van der Waals surface area contributed by atoms with E-state index in [1.165, 1.54) is 18.4 Å². The molecule has 0 heterocycles. The van der Waals surface area contributed by atoms with E-state index in [9.17, 15) is 9.90 Å². The molecule has 4 atom stereocenters. The minimum atomic E-state index is -0.477. The van der Waals surface area contributed by atoms with Crippen molar-refractivity contribution in [2.75, 3.05) is 0 Å². The first-order valence-corrected chi connectivity index (χ1v) is 8.09. The van der Waals surface area contributed by atoms with Gasteiger partial charge in [-0.05, 0) is 49.2 Å². The van der Waals surface area contributed by atoms with Crippen LogP contribution >= 0.6 is 0 Å². The first kappa shape index (κ1) is 14.1. The molecular formula is C18H26O2. The van der Waals surface area contributed by atoms with Gasteiger partial charge in [-0.25, -0.2) is 0 Å². The average molecular weight is 274 g/mol. The Labute approximate surface area is 122 Å². The summed E-state index contributed by atoms with van der Waals surface area (Å²) in [5.74, 6) is 0.873. The van der Waals surface area contributed by atoms with E-state index in [4.69, 9.17) is 0 Å². The number of aliphatic hydroxyl groups excluding tert-OH is 1. The molecule has 0 aliphatic heterocycles. The number of ketones is 1. The summed E-state index contributed by atoms with van der Waals surface area (Å²) >= 11 is 0. The summed E-state index contributed by atoms with van der Waals surface area (Å²) in [5.41, 5.74) is 2.07. The predicted molar refractivity (Wildman–Crippen MR) is 80.2 cm³/mol. The molecule has 0 amide bonds. The Balaban J connectivity index is 2.04. The number of Topliss-reactive ketones (excluding diaryl/α,β-unsaturated/α-hetero) is 1. The average Bonchev–Trinajstić information content (AvgIpc) is 2.43. The fourth-order valence-electron chi connectivity index (χ4n) is 4.67. The molecule has 1 fully saturated rings. The second-order valence-electron chi connectivity index (χ2n) is 7.32. The number of allylic oxidation sites excluding steroid dienone is 3. The van der Waals surface area contributed by atoms with Crippen LogP contribution in [0.2, 0.25) is 0 Å². The van der Waals surface area contributed by atoms with E-state index in [1.807, 2.05) is 19.9 Å². The van der Waals surface area contributed by atoms with Crippen molar-refractivity contribution in [2.24, 2.45) is 23.2 Å². The maximum absolute atomic E-state index is 12.8. The van der Waals surface area contributed by atoms with Crippen LogP contribution in [-0.4, -0.2) is 17.0 Å². The summed E-state index contributed by atoms with van der Waals surface area (Å²) in [6.45, 7) is 6.24. The molecule has 0 bridgehead atoms. The van der Waals surface area contributed by atoms with Gasteiger partial charge >= 0.3 is 0 Å². The number of carbonyl (C=O) groups is 1. The molecule has 20 heavy (non-hydrogen) atoms. The predicted octanol–water partition coefficient (Wildman–Crippen LogP) is 3.66. The topological polar surface area (TPSA) is 37.3 Å². The van der Waals surface area contributed by atoms with E-state index >= 15 is 0 Å². The maximum Gasteiger partial charge on any atom is 0.162 e. The van der Waals surface area contributed by atoms with Crippen molar-refractivity contribution in [3.05, 3.63) is 23.3 Å². The van der Waals surface area contributed by atoms with Gasteiger partial charge in [0.2, 0.25) is 0 Å². The van der Waals surface area contributed by atoms with Gasteiger partial charge in [-0.2, -0.15) is 0 Å². The van der Waals surface area contributed by atoms with E-state index < -0.39 is 6.10 Å². The van der Waals surface area contributed by atoms with Crippen molar-refractivity contribution in [3.8, 4) is 0 Å². The molecule has 0 spiro atoms. The van der Waals surface area contributed by atoms with Crippen LogP contribution in [0.1, 0.15) is 52.9 Å². The first-order valence-electron chi connectivity index (χ1n) is 8.09. The molecule has 1 N–H and O–H groups in total. The van der Waals surface area contributed by atoms with Gasteiger partial charge in [0, 0.05) is 11.3 Å². The van der Waals surface area contributed by atoms with E-state index in [0.717, 1.165) is 24.8 Å². The molecule has 3 aliphatic rings. The highest BCUT2D eigenvalue weighted by Gasteiger charge is 2.54. The van der Waals surface area contributed by atoms with Crippen molar-refractivity contribution in [2.45, 2.75) is 59.0 Å². The smallest absolute Gasteiger partial charge is 0.162 e. The summed E-state index contributed by atoms with van der Waals surface area (Å²) in [6.07, 6.45) is 9.30. The molecule has 0 saturated heterocycles. The van der Waals surface area contributed by atoms with Crippen molar-refractivity contribution >= 4 is 5.78 Å². The molecular weight excluding hydrogens is 248 g/mol. The Bertz CT molecular complexity index is 486. The number of hydrogen-bond donors (Lipinski definition) is 1. The van der Waals surface area contributed by atoms with Crippen LogP contribution in [0.25, 0.3) is 0 Å². The van der Waals surface area contributed by atoms with Gasteiger partial charge in [0.1, 0.15) is 0 Å². The lowest BCUT2D eigenvalue weighted by atomic mass is 9.51. The summed E-state index contributed by atoms with van der Waals surface area (Å²) in [6, 6.07) is 0. The highest BCUT2D eigenvalue weighted by atomic mass is 16.3. The van der Waals surface area contributed by atoms with Crippen LogP contribution < -0.4 is 0 Å². The third kappa shape index (κ3) is 1.84.